The number of carboxylic acids is 1. The molecular weight excluding hydrogens is 216 g/mol. The molecule has 64 valence electrons. The predicted molar refractivity (Wildman–Crippen MR) is 49.6 cm³/mol. The van der Waals surface area contributed by atoms with Crippen molar-refractivity contribution in [3.8, 4) is 0 Å². The van der Waals surface area contributed by atoms with Crippen LogP contribution in [0.5, 0.6) is 0 Å². The minimum absolute atomic E-state index is 0. The van der Waals surface area contributed by atoms with Crippen LogP contribution >= 0.6 is 0 Å². The van der Waals surface area contributed by atoms with Gasteiger partial charge in [-0.05, 0) is 6.42 Å². The van der Waals surface area contributed by atoms with Crippen molar-refractivity contribution >= 4 is 51.5 Å². The van der Waals surface area contributed by atoms with Crippen LogP contribution in [0.2, 0.25) is 0 Å². The van der Waals surface area contributed by atoms with Crippen LogP contribution in [0.4, 0.5) is 0 Å². The van der Waals surface area contributed by atoms with Crippen LogP contribution in [-0.4, -0.2) is 56.6 Å². The van der Waals surface area contributed by atoms with E-state index in [4.69, 9.17) is 5.11 Å². The summed E-state index contributed by atoms with van der Waals surface area (Å²) in [5, 5.41) is 8.27. The summed E-state index contributed by atoms with van der Waals surface area (Å²) < 4.78 is 0. The molecule has 0 aromatic heterocycles. The average Bonchev–Trinajstić information content (AvgIpc) is 1.87. The van der Waals surface area contributed by atoms with E-state index in [9.17, 15) is 4.79 Å². The Morgan fingerprint density at radius 3 is 2.18 bits per heavy atom. The maximum atomic E-state index is 10.0. The van der Waals surface area contributed by atoms with Gasteiger partial charge in [0, 0.05) is 6.42 Å². The number of hydrogen-bond acceptors (Lipinski definition) is 1. The van der Waals surface area contributed by atoms with E-state index in [1.165, 1.54) is 19.3 Å². The van der Waals surface area contributed by atoms with Gasteiger partial charge in [-0.1, -0.05) is 32.6 Å². The van der Waals surface area contributed by atoms with Crippen LogP contribution in [0.1, 0.15) is 45.4 Å². The molecule has 0 saturated heterocycles. The van der Waals surface area contributed by atoms with Crippen LogP contribution in [0, 0.1) is 0 Å². The summed E-state index contributed by atoms with van der Waals surface area (Å²) in [7, 11) is 0. The first kappa shape index (κ1) is 14.5. The Balaban J connectivity index is 0. The quantitative estimate of drug-likeness (QED) is 0.558. The molecule has 1 N–H and O–H groups in total. The van der Waals surface area contributed by atoms with Gasteiger partial charge in [-0.15, -0.1) is 0 Å². The van der Waals surface area contributed by atoms with Crippen molar-refractivity contribution < 1.29 is 9.90 Å². The summed E-state index contributed by atoms with van der Waals surface area (Å²) in [5.74, 6) is -0.670. The molecule has 0 aliphatic heterocycles. The Hall–Kier alpha value is 0.951. The molecule has 0 bridgehead atoms. The Bertz CT molecular complexity index is 94.1. The minimum atomic E-state index is -0.670. The number of unbranched alkanes of at least 4 members (excludes halogenated alkanes) is 4. The van der Waals surface area contributed by atoms with Gasteiger partial charge in [-0.25, -0.2) is 0 Å². The van der Waals surface area contributed by atoms with Crippen molar-refractivity contribution in [2.24, 2.45) is 0 Å². The number of rotatable bonds is 6. The van der Waals surface area contributed by atoms with Gasteiger partial charge in [0.15, 0.2) is 0 Å². The van der Waals surface area contributed by atoms with Crippen LogP contribution in [0.15, 0.2) is 0 Å². The summed E-state index contributed by atoms with van der Waals surface area (Å²) in [6.45, 7) is 2.15. The molecule has 0 spiro atoms. The molecule has 0 fully saturated rings. The molecule has 0 heterocycles. The molecule has 0 saturated carbocycles. The molecule has 0 amide bonds. The Labute approximate surface area is 106 Å². The summed E-state index contributed by atoms with van der Waals surface area (Å²) in [6.07, 6.45) is 5.88. The third-order valence-electron chi connectivity index (χ3n) is 1.49. The van der Waals surface area contributed by atoms with Gasteiger partial charge in [-0.3, -0.25) is 4.79 Å². The van der Waals surface area contributed by atoms with E-state index < -0.39 is 5.97 Å². The van der Waals surface area contributed by atoms with Gasteiger partial charge in [0.05, 0.1) is 0 Å². The van der Waals surface area contributed by atoms with Crippen LogP contribution in [0.25, 0.3) is 0 Å². The van der Waals surface area contributed by atoms with E-state index in [0.29, 0.717) is 6.42 Å². The van der Waals surface area contributed by atoms with Crippen molar-refractivity contribution in [2.45, 2.75) is 45.4 Å². The van der Waals surface area contributed by atoms with Gasteiger partial charge >= 0.3 is 51.5 Å². The number of carboxylic acid groups (broad SMARTS) is 1. The fraction of sp³-hybridized carbons (Fsp3) is 0.875. The SMILES string of the molecule is CCCCCCCC(=O)O.[SrH2]. The van der Waals surface area contributed by atoms with Gasteiger partial charge in [0.1, 0.15) is 0 Å². The number of hydrogen-bond donors (Lipinski definition) is 1. The van der Waals surface area contributed by atoms with Crippen LogP contribution in [-0.2, 0) is 4.79 Å². The van der Waals surface area contributed by atoms with Crippen molar-refractivity contribution in [1.82, 2.24) is 0 Å². The summed E-state index contributed by atoms with van der Waals surface area (Å²) >= 11 is 0. The summed E-state index contributed by atoms with van der Waals surface area (Å²) in [6, 6.07) is 0. The average molecular weight is 234 g/mol. The van der Waals surface area contributed by atoms with Gasteiger partial charge < -0.3 is 5.11 Å². The van der Waals surface area contributed by atoms with Gasteiger partial charge in [-0.2, -0.15) is 0 Å². The number of carbonyl (C=O) groups is 1. The zero-order valence-corrected chi connectivity index (χ0v) is 6.60. The molecule has 0 atom stereocenters. The maximum absolute atomic E-state index is 10.0. The van der Waals surface area contributed by atoms with Crippen molar-refractivity contribution in [1.29, 1.82) is 0 Å². The molecule has 0 radical (unpaired) electrons. The third-order valence-corrected chi connectivity index (χ3v) is 1.49. The molecule has 0 unspecified atom stereocenters. The van der Waals surface area contributed by atoms with E-state index >= 15 is 0 Å². The fourth-order valence-corrected chi connectivity index (χ4v) is 0.880. The summed E-state index contributed by atoms with van der Waals surface area (Å²) in [5.41, 5.74) is 0. The predicted octanol–water partition coefficient (Wildman–Crippen LogP) is 1.52. The monoisotopic (exact) mass is 234 g/mol. The first-order valence-corrected chi connectivity index (χ1v) is 3.99. The Kier molecular flexibility index (Phi) is 14.4. The molecular formula is C8H18O2Sr. The fourth-order valence-electron chi connectivity index (χ4n) is 0.880. The van der Waals surface area contributed by atoms with E-state index in [2.05, 4.69) is 6.92 Å². The van der Waals surface area contributed by atoms with E-state index in [1.807, 2.05) is 0 Å². The molecule has 0 aromatic rings. The van der Waals surface area contributed by atoms with Gasteiger partial charge in [0.2, 0.25) is 0 Å². The molecule has 0 rings (SSSR count). The second kappa shape index (κ2) is 11.0. The second-order valence-electron chi connectivity index (χ2n) is 2.56. The topological polar surface area (TPSA) is 37.3 Å². The first-order chi connectivity index (χ1) is 4.77. The molecule has 11 heavy (non-hydrogen) atoms. The molecule has 2 nitrogen and oxygen atoms in total. The summed E-state index contributed by atoms with van der Waals surface area (Å²) in [4.78, 5) is 10.0. The normalized spacial score (nSPS) is 8.82. The molecule has 0 aromatic carbocycles. The Morgan fingerprint density at radius 1 is 1.18 bits per heavy atom. The second-order valence-corrected chi connectivity index (χ2v) is 2.56. The van der Waals surface area contributed by atoms with Gasteiger partial charge in [0.25, 0.3) is 0 Å². The van der Waals surface area contributed by atoms with E-state index in [1.54, 1.807) is 0 Å². The third kappa shape index (κ3) is 13.9. The van der Waals surface area contributed by atoms with E-state index in [-0.39, 0.29) is 45.5 Å². The van der Waals surface area contributed by atoms with Crippen LogP contribution < -0.4 is 0 Å². The zero-order valence-electron chi connectivity index (χ0n) is 6.60. The van der Waals surface area contributed by atoms with Crippen molar-refractivity contribution in [3.63, 3.8) is 0 Å². The molecule has 3 heteroatoms. The van der Waals surface area contributed by atoms with E-state index in [0.717, 1.165) is 12.8 Å². The first-order valence-electron chi connectivity index (χ1n) is 3.99. The number of aliphatic carboxylic acids is 1. The van der Waals surface area contributed by atoms with Crippen molar-refractivity contribution in [2.75, 3.05) is 0 Å². The standard InChI is InChI=1S/C8H16O2.Sr.2H/c1-2-3-4-5-6-7-8(9)10;;;/h2-7H2,1H3,(H,9,10);;;. The Morgan fingerprint density at radius 2 is 1.73 bits per heavy atom. The van der Waals surface area contributed by atoms with Crippen molar-refractivity contribution in [3.05, 3.63) is 0 Å². The zero-order chi connectivity index (χ0) is 7.82. The molecule has 0 aliphatic carbocycles. The molecule has 0 aliphatic rings. The van der Waals surface area contributed by atoms with Crippen LogP contribution in [0.3, 0.4) is 0 Å².